The summed E-state index contributed by atoms with van der Waals surface area (Å²) in [5.74, 6) is -0.250. The molecule has 1 aliphatic rings. The van der Waals surface area contributed by atoms with Gasteiger partial charge in [-0.2, -0.15) is 0 Å². The lowest BCUT2D eigenvalue weighted by Gasteiger charge is -2.40. The number of rotatable bonds is 2. The molecule has 2 N–H and O–H groups in total. The van der Waals surface area contributed by atoms with Crippen LogP contribution in [-0.2, 0) is 0 Å². The summed E-state index contributed by atoms with van der Waals surface area (Å²) in [6, 6.07) is 7.26. The van der Waals surface area contributed by atoms with Crippen molar-refractivity contribution in [1.29, 1.82) is 0 Å². The van der Waals surface area contributed by atoms with Gasteiger partial charge in [0, 0.05) is 36.0 Å². The number of carbonyl (C=O) groups is 1. The van der Waals surface area contributed by atoms with E-state index in [0.29, 0.717) is 18.5 Å². The quantitative estimate of drug-likeness (QED) is 0.866. The molecule has 1 amide bonds. The third-order valence-electron chi connectivity index (χ3n) is 3.85. The predicted molar refractivity (Wildman–Crippen MR) is 74.5 cm³/mol. The maximum Gasteiger partial charge on any atom is 0.276 e. The van der Waals surface area contributed by atoms with Crippen molar-refractivity contribution in [3.8, 4) is 5.75 Å². The lowest BCUT2D eigenvalue weighted by Crippen LogP contribution is -2.53. The molecular formula is C15H16N2O3. The van der Waals surface area contributed by atoms with Gasteiger partial charge in [0.1, 0.15) is 0 Å². The number of fused-ring (bicyclic) bond motifs is 1. The Hall–Kier alpha value is -2.14. The van der Waals surface area contributed by atoms with E-state index in [1.165, 1.54) is 0 Å². The van der Waals surface area contributed by atoms with E-state index in [1.807, 2.05) is 18.2 Å². The number of pyridine rings is 1. The maximum atomic E-state index is 12.3. The van der Waals surface area contributed by atoms with Crippen LogP contribution < -0.4 is 0 Å². The molecule has 1 aromatic heterocycles. The first-order valence-electron chi connectivity index (χ1n) is 6.62. The fourth-order valence-corrected chi connectivity index (χ4v) is 2.44. The lowest BCUT2D eigenvalue weighted by atomic mass is 9.94. The normalized spacial score (nSPS) is 17.0. The molecule has 1 saturated heterocycles. The number of amides is 1. The zero-order valence-corrected chi connectivity index (χ0v) is 11.2. The zero-order valence-electron chi connectivity index (χ0n) is 11.2. The summed E-state index contributed by atoms with van der Waals surface area (Å²) in [6.07, 6.45) is 1.17. The van der Waals surface area contributed by atoms with Gasteiger partial charge in [-0.1, -0.05) is 24.3 Å². The molecule has 5 heteroatoms. The van der Waals surface area contributed by atoms with Crippen LogP contribution in [0.15, 0.2) is 30.5 Å². The molecule has 3 rings (SSSR count). The van der Waals surface area contributed by atoms with Crippen LogP contribution in [0.2, 0.25) is 0 Å². The van der Waals surface area contributed by atoms with Gasteiger partial charge in [-0.05, 0) is 6.92 Å². The first-order valence-corrected chi connectivity index (χ1v) is 6.62. The molecule has 104 valence electrons. The number of carbonyl (C=O) groups excluding carboxylic acids is 1. The fourth-order valence-electron chi connectivity index (χ4n) is 2.44. The van der Waals surface area contributed by atoms with Crippen LogP contribution >= 0.6 is 0 Å². The molecular weight excluding hydrogens is 256 g/mol. The van der Waals surface area contributed by atoms with Gasteiger partial charge in [-0.3, -0.25) is 4.79 Å². The lowest BCUT2D eigenvalue weighted by molar-refractivity contribution is 0.00830. The van der Waals surface area contributed by atoms with Crippen LogP contribution in [-0.4, -0.2) is 45.2 Å². The minimum atomic E-state index is -0.419. The number of aliphatic hydroxyl groups excluding tert-OH is 1. The van der Waals surface area contributed by atoms with E-state index >= 15 is 0 Å². The number of aromatic hydroxyl groups is 1. The number of benzene rings is 1. The maximum absolute atomic E-state index is 12.3. The van der Waals surface area contributed by atoms with E-state index in [4.69, 9.17) is 0 Å². The van der Waals surface area contributed by atoms with Crippen molar-refractivity contribution in [1.82, 2.24) is 9.88 Å². The van der Waals surface area contributed by atoms with Gasteiger partial charge in [0.15, 0.2) is 11.4 Å². The second kappa shape index (κ2) is 4.76. The molecule has 2 aromatic rings. The van der Waals surface area contributed by atoms with Crippen molar-refractivity contribution in [2.75, 3.05) is 13.1 Å². The highest BCUT2D eigenvalue weighted by atomic mass is 16.3. The average Bonchev–Trinajstić information content (AvgIpc) is 2.37. The summed E-state index contributed by atoms with van der Waals surface area (Å²) in [4.78, 5) is 17.9. The van der Waals surface area contributed by atoms with E-state index in [9.17, 15) is 15.0 Å². The molecule has 1 aromatic carbocycles. The highest BCUT2D eigenvalue weighted by Crippen LogP contribution is 2.29. The Bertz CT molecular complexity index is 663. The fraction of sp³-hybridized carbons (Fsp3) is 0.333. The highest BCUT2D eigenvalue weighted by Gasteiger charge is 2.35. The number of aromatic nitrogens is 1. The van der Waals surface area contributed by atoms with E-state index in [1.54, 1.807) is 24.1 Å². The standard InChI is InChI=1S/C15H16N2O3/c1-9(18)11-7-17(8-11)15(20)13-14(19)12-5-3-2-4-10(12)6-16-13/h2-6,9,11,18-19H,7-8H2,1H3/t9-/m0/s1. The van der Waals surface area contributed by atoms with Crippen LogP contribution in [0, 0.1) is 5.92 Å². The Morgan fingerprint density at radius 1 is 1.40 bits per heavy atom. The van der Waals surface area contributed by atoms with E-state index in [0.717, 1.165) is 5.39 Å². The van der Waals surface area contributed by atoms with Crippen LogP contribution in [0.1, 0.15) is 17.4 Å². The number of hydrogen-bond donors (Lipinski definition) is 2. The van der Waals surface area contributed by atoms with Gasteiger partial charge >= 0.3 is 0 Å². The number of hydrogen-bond acceptors (Lipinski definition) is 4. The molecule has 0 bridgehead atoms. The molecule has 1 fully saturated rings. The minimum Gasteiger partial charge on any atom is -0.505 e. The molecule has 0 saturated carbocycles. The topological polar surface area (TPSA) is 73.7 Å². The second-order valence-corrected chi connectivity index (χ2v) is 5.25. The largest absolute Gasteiger partial charge is 0.505 e. The van der Waals surface area contributed by atoms with Crippen LogP contribution in [0.25, 0.3) is 10.8 Å². The number of aliphatic hydroxyl groups is 1. The summed E-state index contributed by atoms with van der Waals surface area (Å²) in [6.45, 7) is 2.73. The highest BCUT2D eigenvalue weighted by molar-refractivity contribution is 6.01. The monoisotopic (exact) mass is 272 g/mol. The van der Waals surface area contributed by atoms with Gasteiger partial charge in [-0.25, -0.2) is 4.98 Å². The van der Waals surface area contributed by atoms with Crippen LogP contribution in [0.5, 0.6) is 5.75 Å². The third kappa shape index (κ3) is 2.00. The molecule has 0 spiro atoms. The molecule has 5 nitrogen and oxygen atoms in total. The Kier molecular flexibility index (Phi) is 3.06. The predicted octanol–water partition coefficient (Wildman–Crippen LogP) is 1.39. The van der Waals surface area contributed by atoms with Crippen LogP contribution in [0.4, 0.5) is 0 Å². The number of nitrogens with zero attached hydrogens (tertiary/aromatic N) is 2. The smallest absolute Gasteiger partial charge is 0.276 e. The summed E-state index contributed by atoms with van der Waals surface area (Å²) in [5.41, 5.74) is 0.0766. The van der Waals surface area contributed by atoms with Crippen molar-refractivity contribution < 1.29 is 15.0 Å². The molecule has 1 aliphatic heterocycles. The Morgan fingerprint density at radius 2 is 2.10 bits per heavy atom. The Balaban J connectivity index is 1.88. The Morgan fingerprint density at radius 3 is 2.80 bits per heavy atom. The van der Waals surface area contributed by atoms with Crippen molar-refractivity contribution in [2.45, 2.75) is 13.0 Å². The summed E-state index contributed by atoms with van der Waals surface area (Å²) in [5, 5.41) is 21.1. The van der Waals surface area contributed by atoms with Crippen molar-refractivity contribution in [3.05, 3.63) is 36.2 Å². The van der Waals surface area contributed by atoms with E-state index < -0.39 is 6.10 Å². The second-order valence-electron chi connectivity index (χ2n) is 5.25. The van der Waals surface area contributed by atoms with Crippen molar-refractivity contribution in [3.63, 3.8) is 0 Å². The Labute approximate surface area is 116 Å². The number of likely N-dealkylation sites (tertiary alicyclic amines) is 1. The first kappa shape index (κ1) is 12.9. The van der Waals surface area contributed by atoms with Crippen molar-refractivity contribution >= 4 is 16.7 Å². The van der Waals surface area contributed by atoms with Gasteiger partial charge in [0.2, 0.25) is 0 Å². The molecule has 20 heavy (non-hydrogen) atoms. The van der Waals surface area contributed by atoms with E-state index in [2.05, 4.69) is 4.98 Å². The van der Waals surface area contributed by atoms with Crippen LogP contribution in [0.3, 0.4) is 0 Å². The summed E-state index contributed by atoms with van der Waals surface area (Å²) >= 11 is 0. The molecule has 0 radical (unpaired) electrons. The van der Waals surface area contributed by atoms with Gasteiger partial charge < -0.3 is 15.1 Å². The van der Waals surface area contributed by atoms with Gasteiger partial charge in [0.05, 0.1) is 6.10 Å². The van der Waals surface area contributed by atoms with Crippen molar-refractivity contribution in [2.24, 2.45) is 5.92 Å². The van der Waals surface area contributed by atoms with E-state index in [-0.39, 0.29) is 23.3 Å². The molecule has 0 unspecified atom stereocenters. The SMILES string of the molecule is C[C@H](O)C1CN(C(=O)c2ncc3ccccc3c2O)C1. The summed E-state index contributed by atoms with van der Waals surface area (Å²) in [7, 11) is 0. The minimum absolute atomic E-state index is 0.0754. The van der Waals surface area contributed by atoms with Gasteiger partial charge in [-0.15, -0.1) is 0 Å². The zero-order chi connectivity index (χ0) is 14.3. The molecule has 0 aliphatic carbocycles. The van der Waals surface area contributed by atoms with Gasteiger partial charge in [0.25, 0.3) is 5.91 Å². The third-order valence-corrected chi connectivity index (χ3v) is 3.85. The molecule has 2 heterocycles. The summed E-state index contributed by atoms with van der Waals surface area (Å²) < 4.78 is 0. The average molecular weight is 272 g/mol. The first-order chi connectivity index (χ1) is 9.58. The molecule has 1 atom stereocenters.